The van der Waals surface area contributed by atoms with E-state index in [4.69, 9.17) is 9.47 Å². The Balaban J connectivity index is 1.93. The summed E-state index contributed by atoms with van der Waals surface area (Å²) in [7, 11) is 5.05. The summed E-state index contributed by atoms with van der Waals surface area (Å²) >= 11 is 0. The predicted octanol–water partition coefficient (Wildman–Crippen LogP) is 3.35. The molecule has 1 aromatic heterocycles. The minimum atomic E-state index is -0.488. The summed E-state index contributed by atoms with van der Waals surface area (Å²) in [5.41, 5.74) is 1.50. The second kappa shape index (κ2) is 8.27. The molecule has 1 atom stereocenters. The van der Waals surface area contributed by atoms with Crippen molar-refractivity contribution >= 4 is 11.7 Å². The van der Waals surface area contributed by atoms with E-state index in [2.05, 4.69) is 15.6 Å². The van der Waals surface area contributed by atoms with Crippen LogP contribution in [-0.2, 0) is 7.05 Å². The second-order valence-corrected chi connectivity index (χ2v) is 5.94. The van der Waals surface area contributed by atoms with Gasteiger partial charge in [-0.25, -0.2) is 9.78 Å². The third kappa shape index (κ3) is 4.38. The van der Waals surface area contributed by atoms with Crippen LogP contribution >= 0.6 is 0 Å². The van der Waals surface area contributed by atoms with E-state index >= 15 is 0 Å². The lowest BCUT2D eigenvalue weighted by molar-refractivity contribution is 0.249. The van der Waals surface area contributed by atoms with Crippen molar-refractivity contribution in [1.82, 2.24) is 14.9 Å². The van der Waals surface area contributed by atoms with E-state index in [0.717, 1.165) is 5.56 Å². The molecule has 0 saturated heterocycles. The minimum absolute atomic E-state index is 0.337. The molecule has 2 amide bonds. The lowest BCUT2D eigenvalue weighted by Crippen LogP contribution is -2.34. The zero-order valence-electron chi connectivity index (χ0n) is 15.5. The molecule has 1 heterocycles. The number of aryl methyl sites for hydroxylation is 1. The molecule has 0 aliphatic rings. The van der Waals surface area contributed by atoms with Gasteiger partial charge in [0.25, 0.3) is 0 Å². The summed E-state index contributed by atoms with van der Waals surface area (Å²) in [6, 6.07) is 13.9. The zero-order valence-corrected chi connectivity index (χ0v) is 15.5. The Hall–Kier alpha value is -3.48. The molecule has 0 radical (unpaired) electrons. The number of ether oxygens (including phenoxy) is 2. The number of imidazole rings is 1. The minimum Gasteiger partial charge on any atom is -0.497 e. The van der Waals surface area contributed by atoms with Gasteiger partial charge in [0.05, 0.1) is 14.2 Å². The number of methoxy groups -OCH3 is 2. The Bertz CT molecular complexity index is 886. The molecule has 0 bridgehead atoms. The Morgan fingerprint density at radius 2 is 1.74 bits per heavy atom. The molecule has 3 rings (SSSR count). The molecular weight excluding hydrogens is 344 g/mol. The second-order valence-electron chi connectivity index (χ2n) is 5.94. The van der Waals surface area contributed by atoms with Crippen molar-refractivity contribution in [1.29, 1.82) is 0 Å². The van der Waals surface area contributed by atoms with Crippen LogP contribution in [0.3, 0.4) is 0 Å². The standard InChI is InChI=1S/C20H22N4O3/c1-24-10-9-21-19(24)18(14-11-16(26-2)13-17(12-14)27-3)23-20(25)22-15-7-5-4-6-8-15/h4-13,18H,1-3H3,(H2,22,23,25)/t18-/m0/s1. The van der Waals surface area contributed by atoms with E-state index in [1.165, 1.54) is 0 Å². The molecule has 0 saturated carbocycles. The van der Waals surface area contributed by atoms with Gasteiger partial charge >= 0.3 is 6.03 Å². The van der Waals surface area contributed by atoms with E-state index < -0.39 is 6.04 Å². The number of nitrogens with one attached hydrogen (secondary N) is 2. The fourth-order valence-electron chi connectivity index (χ4n) is 2.77. The molecule has 0 unspecified atom stereocenters. The van der Waals surface area contributed by atoms with E-state index in [1.807, 2.05) is 60.3 Å². The van der Waals surface area contributed by atoms with Crippen molar-refractivity contribution in [2.24, 2.45) is 7.05 Å². The number of nitrogens with zero attached hydrogens (tertiary/aromatic N) is 2. The van der Waals surface area contributed by atoms with Crippen LogP contribution in [0.2, 0.25) is 0 Å². The molecule has 3 aromatic rings. The van der Waals surface area contributed by atoms with Crippen LogP contribution in [0.1, 0.15) is 17.4 Å². The van der Waals surface area contributed by atoms with E-state index in [9.17, 15) is 4.79 Å². The first-order valence-corrected chi connectivity index (χ1v) is 8.43. The normalized spacial score (nSPS) is 11.5. The predicted molar refractivity (Wildman–Crippen MR) is 103 cm³/mol. The highest BCUT2D eigenvalue weighted by Gasteiger charge is 2.22. The number of amides is 2. The third-order valence-corrected chi connectivity index (χ3v) is 4.13. The average molecular weight is 366 g/mol. The van der Waals surface area contributed by atoms with Crippen molar-refractivity contribution in [3.8, 4) is 11.5 Å². The third-order valence-electron chi connectivity index (χ3n) is 4.13. The maximum Gasteiger partial charge on any atom is 0.320 e. The number of carbonyl (C=O) groups is 1. The van der Waals surface area contributed by atoms with Crippen molar-refractivity contribution in [2.75, 3.05) is 19.5 Å². The first kappa shape index (κ1) is 18.3. The molecule has 7 nitrogen and oxygen atoms in total. The van der Waals surface area contributed by atoms with Crippen LogP contribution in [0.25, 0.3) is 0 Å². The summed E-state index contributed by atoms with van der Waals surface area (Å²) in [6.07, 6.45) is 3.52. The molecule has 2 N–H and O–H groups in total. The van der Waals surface area contributed by atoms with Crippen molar-refractivity contribution < 1.29 is 14.3 Å². The molecule has 0 aliphatic heterocycles. The van der Waals surface area contributed by atoms with Gasteiger partial charge in [-0.1, -0.05) is 18.2 Å². The first-order valence-electron chi connectivity index (χ1n) is 8.43. The van der Waals surface area contributed by atoms with Gasteiger partial charge in [0.15, 0.2) is 0 Å². The van der Waals surface area contributed by atoms with Crippen molar-refractivity contribution in [3.05, 3.63) is 72.3 Å². The number of hydrogen-bond donors (Lipinski definition) is 2. The lowest BCUT2D eigenvalue weighted by Gasteiger charge is -2.21. The van der Waals surface area contributed by atoms with E-state index in [0.29, 0.717) is 23.0 Å². The van der Waals surface area contributed by atoms with Crippen LogP contribution in [-0.4, -0.2) is 29.8 Å². The Morgan fingerprint density at radius 3 is 2.30 bits per heavy atom. The Labute approximate surface area is 157 Å². The number of carbonyl (C=O) groups excluding carboxylic acids is 1. The molecule has 7 heteroatoms. The Morgan fingerprint density at radius 1 is 1.07 bits per heavy atom. The number of aromatic nitrogens is 2. The van der Waals surface area contributed by atoms with E-state index in [-0.39, 0.29) is 6.03 Å². The molecule has 2 aromatic carbocycles. The highest BCUT2D eigenvalue weighted by Crippen LogP contribution is 2.29. The van der Waals surface area contributed by atoms with Gasteiger partial charge in [-0.3, -0.25) is 0 Å². The monoisotopic (exact) mass is 366 g/mol. The maximum atomic E-state index is 12.6. The summed E-state index contributed by atoms with van der Waals surface area (Å²) in [4.78, 5) is 17.0. The van der Waals surface area contributed by atoms with Gasteiger partial charge in [0.2, 0.25) is 0 Å². The van der Waals surface area contributed by atoms with E-state index in [1.54, 1.807) is 26.5 Å². The van der Waals surface area contributed by atoms with Gasteiger partial charge in [-0.2, -0.15) is 0 Å². The number of rotatable bonds is 6. The summed E-state index contributed by atoms with van der Waals surface area (Å²) < 4.78 is 12.6. The largest absolute Gasteiger partial charge is 0.497 e. The fraction of sp³-hybridized carbons (Fsp3) is 0.200. The van der Waals surface area contributed by atoms with Gasteiger partial charge in [0.1, 0.15) is 23.4 Å². The molecule has 27 heavy (non-hydrogen) atoms. The SMILES string of the molecule is COc1cc(OC)cc([C@H](NC(=O)Nc2ccccc2)c2nccn2C)c1. The summed E-state index contributed by atoms with van der Waals surface area (Å²) in [6.45, 7) is 0. The van der Waals surface area contributed by atoms with Crippen LogP contribution in [0.4, 0.5) is 10.5 Å². The van der Waals surface area contributed by atoms with Crippen LogP contribution in [0, 0.1) is 0 Å². The maximum absolute atomic E-state index is 12.6. The lowest BCUT2D eigenvalue weighted by atomic mass is 10.1. The molecule has 0 fully saturated rings. The van der Waals surface area contributed by atoms with Gasteiger partial charge in [-0.15, -0.1) is 0 Å². The van der Waals surface area contributed by atoms with Gasteiger partial charge in [-0.05, 0) is 29.8 Å². The topological polar surface area (TPSA) is 77.4 Å². The molecule has 140 valence electrons. The molecular formula is C20H22N4O3. The zero-order chi connectivity index (χ0) is 19.2. The number of para-hydroxylation sites is 1. The number of urea groups is 1. The quantitative estimate of drug-likeness (QED) is 0.701. The molecule has 0 aliphatic carbocycles. The van der Waals surface area contributed by atoms with Crippen LogP contribution in [0.5, 0.6) is 11.5 Å². The smallest absolute Gasteiger partial charge is 0.320 e. The number of anilines is 1. The summed E-state index contributed by atoms with van der Waals surface area (Å²) in [5, 5.41) is 5.81. The highest BCUT2D eigenvalue weighted by atomic mass is 16.5. The Kier molecular flexibility index (Phi) is 5.61. The first-order chi connectivity index (χ1) is 13.1. The number of benzene rings is 2. The van der Waals surface area contributed by atoms with Crippen molar-refractivity contribution in [3.63, 3.8) is 0 Å². The van der Waals surface area contributed by atoms with Crippen molar-refractivity contribution in [2.45, 2.75) is 6.04 Å². The van der Waals surface area contributed by atoms with Crippen LogP contribution in [0.15, 0.2) is 60.9 Å². The summed E-state index contributed by atoms with van der Waals surface area (Å²) in [5.74, 6) is 1.95. The average Bonchev–Trinajstić information content (AvgIpc) is 3.12. The van der Waals surface area contributed by atoms with Crippen LogP contribution < -0.4 is 20.1 Å². The van der Waals surface area contributed by atoms with Gasteiger partial charge in [0, 0.05) is 31.2 Å². The highest BCUT2D eigenvalue weighted by molar-refractivity contribution is 5.89. The molecule has 0 spiro atoms. The van der Waals surface area contributed by atoms with Gasteiger partial charge < -0.3 is 24.7 Å². The fourth-order valence-corrected chi connectivity index (χ4v) is 2.77. The number of hydrogen-bond acceptors (Lipinski definition) is 4.